The van der Waals surface area contributed by atoms with Crippen LogP contribution < -0.4 is 9.47 Å². The smallest absolute Gasteiger partial charge is 0.387 e. The van der Waals surface area contributed by atoms with Crippen LogP contribution >= 0.6 is 0 Å². The molecule has 1 saturated heterocycles. The fourth-order valence-electron chi connectivity index (χ4n) is 4.79. The minimum atomic E-state index is -2.99. The molecule has 1 aromatic heterocycles. The van der Waals surface area contributed by atoms with Gasteiger partial charge in [0, 0.05) is 39.5 Å². The first kappa shape index (κ1) is 31.1. The predicted octanol–water partition coefficient (Wildman–Crippen LogP) is 3.55. The monoisotopic (exact) mass is 588 g/mol. The third kappa shape index (κ3) is 8.37. The van der Waals surface area contributed by atoms with Gasteiger partial charge in [0.1, 0.15) is 18.3 Å². The van der Waals surface area contributed by atoms with Crippen LogP contribution in [0.1, 0.15) is 53.8 Å². The van der Waals surface area contributed by atoms with Gasteiger partial charge in [0.15, 0.2) is 11.5 Å². The first-order valence-corrected chi connectivity index (χ1v) is 14.0. The van der Waals surface area contributed by atoms with Crippen LogP contribution in [0.25, 0.3) is 0 Å². The summed E-state index contributed by atoms with van der Waals surface area (Å²) in [6.45, 7) is 0.144. The molecule has 1 aliphatic heterocycles. The number of likely N-dealkylation sites (N-methyl/N-ethyl adjacent to an activating group) is 2. The van der Waals surface area contributed by atoms with Gasteiger partial charge in [0.2, 0.25) is 5.91 Å². The zero-order valence-electron chi connectivity index (χ0n) is 24.4. The second kappa shape index (κ2) is 13.9. The molecule has 2 atom stereocenters. The average molecular weight is 589 g/mol. The van der Waals surface area contributed by atoms with Crippen molar-refractivity contribution in [1.29, 1.82) is 0 Å². The van der Waals surface area contributed by atoms with Crippen LogP contribution in [0, 0.1) is 5.92 Å². The molecule has 2 heterocycles. The minimum Gasteiger partial charge on any atom is -0.489 e. The van der Waals surface area contributed by atoms with Gasteiger partial charge in [-0.1, -0.05) is 12.1 Å². The van der Waals surface area contributed by atoms with Crippen molar-refractivity contribution in [3.05, 3.63) is 53.3 Å². The highest BCUT2D eigenvalue weighted by Gasteiger charge is 2.40. The molecule has 0 N–H and O–H groups in total. The largest absolute Gasteiger partial charge is 0.489 e. The Morgan fingerprint density at radius 1 is 1.07 bits per heavy atom. The Morgan fingerprint density at radius 3 is 2.50 bits per heavy atom. The van der Waals surface area contributed by atoms with E-state index in [0.29, 0.717) is 31.3 Å². The van der Waals surface area contributed by atoms with E-state index in [9.17, 15) is 23.2 Å². The second-order valence-corrected chi connectivity index (χ2v) is 11.1. The van der Waals surface area contributed by atoms with Crippen LogP contribution in [0.5, 0.6) is 11.5 Å². The summed E-state index contributed by atoms with van der Waals surface area (Å²) in [5.41, 5.74) is 1.40. The third-order valence-electron chi connectivity index (χ3n) is 7.42. The van der Waals surface area contributed by atoms with Crippen molar-refractivity contribution in [3.63, 3.8) is 0 Å². The highest BCUT2D eigenvalue weighted by atomic mass is 19.3. The van der Waals surface area contributed by atoms with E-state index >= 15 is 0 Å². The number of hydrogen-bond donors (Lipinski definition) is 0. The van der Waals surface area contributed by atoms with Gasteiger partial charge in [-0.2, -0.15) is 8.78 Å². The van der Waals surface area contributed by atoms with Gasteiger partial charge < -0.3 is 28.9 Å². The van der Waals surface area contributed by atoms with Gasteiger partial charge in [0.25, 0.3) is 5.91 Å². The molecule has 0 spiro atoms. The minimum absolute atomic E-state index is 0.0520. The summed E-state index contributed by atoms with van der Waals surface area (Å²) in [6.07, 6.45) is 2.36. The summed E-state index contributed by atoms with van der Waals surface area (Å²) in [5, 5.41) is 0. The number of ether oxygens (including phenoxy) is 3. The van der Waals surface area contributed by atoms with E-state index in [1.165, 1.54) is 17.9 Å². The number of carbonyl (C=O) groups excluding carboxylic acids is 3. The first-order valence-electron chi connectivity index (χ1n) is 14.0. The van der Waals surface area contributed by atoms with Gasteiger partial charge in [-0.3, -0.25) is 9.59 Å². The normalized spacial score (nSPS) is 18.3. The number of alkyl halides is 2. The van der Waals surface area contributed by atoms with E-state index in [-0.39, 0.29) is 54.5 Å². The summed E-state index contributed by atoms with van der Waals surface area (Å²) in [7, 11) is 5.55. The van der Waals surface area contributed by atoms with Crippen LogP contribution in [-0.4, -0.2) is 97.5 Å². The van der Waals surface area contributed by atoms with E-state index in [1.54, 1.807) is 42.3 Å². The molecule has 4 rings (SSSR count). The Labute approximate surface area is 244 Å². The van der Waals surface area contributed by atoms with Crippen LogP contribution in [0.2, 0.25) is 0 Å². The molecular weight excluding hydrogens is 550 g/mol. The van der Waals surface area contributed by atoms with Crippen molar-refractivity contribution in [1.82, 2.24) is 19.7 Å². The summed E-state index contributed by atoms with van der Waals surface area (Å²) >= 11 is 0. The lowest BCUT2D eigenvalue weighted by Gasteiger charge is -2.21. The Kier molecular flexibility index (Phi) is 10.3. The van der Waals surface area contributed by atoms with Crippen molar-refractivity contribution in [2.75, 3.05) is 47.4 Å². The molecule has 1 aliphatic carbocycles. The lowest BCUT2D eigenvalue weighted by atomic mass is 9.96. The molecule has 2 amide bonds. The van der Waals surface area contributed by atoms with Crippen molar-refractivity contribution in [2.24, 2.45) is 5.92 Å². The Bertz CT molecular complexity index is 1270. The number of esters is 1. The molecule has 0 bridgehead atoms. The predicted molar refractivity (Wildman–Crippen MR) is 149 cm³/mol. The molecular formula is C30H38F2N4O6. The van der Waals surface area contributed by atoms with Gasteiger partial charge in [-0.15, -0.1) is 0 Å². The van der Waals surface area contributed by atoms with E-state index in [0.717, 1.165) is 18.4 Å². The van der Waals surface area contributed by atoms with Crippen molar-refractivity contribution in [3.8, 4) is 11.5 Å². The van der Waals surface area contributed by atoms with E-state index < -0.39 is 18.6 Å². The van der Waals surface area contributed by atoms with Crippen LogP contribution in [0.15, 0.2) is 36.4 Å². The van der Waals surface area contributed by atoms with Crippen LogP contribution in [-0.2, 0) is 20.9 Å². The molecule has 228 valence electrons. The number of aromatic nitrogens is 1. The summed E-state index contributed by atoms with van der Waals surface area (Å²) in [6, 6.07) is 8.86. The molecule has 2 aromatic rings. The maximum absolute atomic E-state index is 13.2. The highest BCUT2D eigenvalue weighted by molar-refractivity contribution is 5.92. The molecule has 42 heavy (non-hydrogen) atoms. The van der Waals surface area contributed by atoms with E-state index in [1.807, 2.05) is 19.0 Å². The Morgan fingerprint density at radius 2 is 1.83 bits per heavy atom. The fourth-order valence-corrected chi connectivity index (χ4v) is 4.79. The number of rotatable bonds is 13. The lowest BCUT2D eigenvalue weighted by molar-refractivity contribution is -0.154. The number of hydrogen-bond acceptors (Lipinski definition) is 8. The quantitative estimate of drug-likeness (QED) is 0.328. The third-order valence-corrected chi connectivity index (χ3v) is 7.42. The van der Waals surface area contributed by atoms with Crippen molar-refractivity contribution >= 4 is 17.8 Å². The maximum atomic E-state index is 13.2. The number of halogens is 2. The molecule has 0 radical (unpaired) electrons. The SMILES string of the molecule is CC(=O)N1CC(c2ccc(OC(F)F)c(OCC3CC3)c2)C[C@@H]1C(=O)OCc1cccc(C(=O)N(C)CCN(C)C)n1. The molecule has 1 aromatic carbocycles. The molecule has 1 unspecified atom stereocenters. The Balaban J connectivity index is 1.41. The van der Waals surface area contributed by atoms with Gasteiger partial charge in [-0.05, 0) is 69.1 Å². The van der Waals surface area contributed by atoms with E-state index in [2.05, 4.69) is 9.72 Å². The summed E-state index contributed by atoms with van der Waals surface area (Å²) < 4.78 is 41.9. The topological polar surface area (TPSA) is 102 Å². The van der Waals surface area contributed by atoms with Crippen LogP contribution in [0.4, 0.5) is 8.78 Å². The molecule has 1 saturated carbocycles. The van der Waals surface area contributed by atoms with Crippen molar-refractivity contribution in [2.45, 2.75) is 51.4 Å². The lowest BCUT2D eigenvalue weighted by Crippen LogP contribution is -2.40. The standard InChI is InChI=1S/C30H38F2N4O6/c1-19(37)36-16-22(21-10-11-26(42-30(31)32)27(15-21)40-17-20-8-9-20)14-25(36)29(39)41-18-23-6-5-7-24(33-23)28(38)35(4)13-12-34(2)3/h5-7,10-11,15,20,22,25,30H,8-9,12-14,16-18H2,1-4H3/t22?,25-/m1/s1. The number of benzene rings is 1. The highest BCUT2D eigenvalue weighted by Crippen LogP contribution is 2.39. The number of amides is 2. The number of carbonyl (C=O) groups is 3. The van der Waals surface area contributed by atoms with Gasteiger partial charge in [-0.25, -0.2) is 9.78 Å². The molecule has 10 nitrogen and oxygen atoms in total. The molecule has 12 heteroatoms. The van der Waals surface area contributed by atoms with E-state index in [4.69, 9.17) is 9.47 Å². The first-order chi connectivity index (χ1) is 20.0. The summed E-state index contributed by atoms with van der Waals surface area (Å²) in [5.74, 6) is -0.782. The van der Waals surface area contributed by atoms with Gasteiger partial charge in [0.05, 0.1) is 12.3 Å². The average Bonchev–Trinajstić information content (AvgIpc) is 3.68. The molecule has 2 aliphatic rings. The zero-order chi connectivity index (χ0) is 30.4. The molecule has 2 fully saturated rings. The Hall–Kier alpha value is -3.80. The maximum Gasteiger partial charge on any atom is 0.387 e. The number of pyridine rings is 1. The fraction of sp³-hybridized carbons (Fsp3) is 0.533. The number of likely N-dealkylation sites (tertiary alicyclic amines) is 1. The zero-order valence-corrected chi connectivity index (χ0v) is 24.4. The van der Waals surface area contributed by atoms with Crippen molar-refractivity contribution < 1.29 is 37.4 Å². The number of nitrogens with zero attached hydrogens (tertiary/aromatic N) is 4. The van der Waals surface area contributed by atoms with Crippen LogP contribution in [0.3, 0.4) is 0 Å². The summed E-state index contributed by atoms with van der Waals surface area (Å²) in [4.78, 5) is 47.7. The second-order valence-electron chi connectivity index (χ2n) is 11.1. The van der Waals surface area contributed by atoms with Gasteiger partial charge >= 0.3 is 12.6 Å².